The molecule has 1 saturated heterocycles. The second kappa shape index (κ2) is 7.44. The average molecular weight is 269 g/mol. The summed E-state index contributed by atoms with van der Waals surface area (Å²) in [6.45, 7) is 9.01. The first-order chi connectivity index (χ1) is 9.80. The van der Waals surface area contributed by atoms with Crippen molar-refractivity contribution >= 4 is 0 Å². The molecule has 0 saturated carbocycles. The van der Waals surface area contributed by atoms with E-state index in [1.54, 1.807) is 0 Å². The molecular weight excluding hydrogens is 242 g/mol. The van der Waals surface area contributed by atoms with Crippen LogP contribution in [0.2, 0.25) is 0 Å². The Morgan fingerprint density at radius 3 is 2.50 bits per heavy atom. The van der Waals surface area contributed by atoms with Crippen molar-refractivity contribution in [1.29, 1.82) is 0 Å². The van der Waals surface area contributed by atoms with E-state index in [1.807, 2.05) is 0 Å². The first-order valence-electron chi connectivity index (χ1n) is 7.88. The van der Waals surface area contributed by atoms with Gasteiger partial charge in [-0.3, -0.25) is 4.90 Å². The first-order valence-corrected chi connectivity index (χ1v) is 7.88. The van der Waals surface area contributed by atoms with Crippen molar-refractivity contribution in [3.05, 3.63) is 59.7 Å². The topological polar surface area (TPSA) is 3.24 Å². The number of allylic oxidation sites excluding steroid dienone is 2. The van der Waals surface area contributed by atoms with Gasteiger partial charge in [0.05, 0.1) is 6.04 Å². The minimum Gasteiger partial charge on any atom is -0.292 e. The zero-order chi connectivity index (χ0) is 14.4. The lowest BCUT2D eigenvalue weighted by atomic mass is 9.88. The van der Waals surface area contributed by atoms with Gasteiger partial charge in [-0.25, -0.2) is 0 Å². The molecule has 1 unspecified atom stereocenters. The van der Waals surface area contributed by atoms with Crippen LogP contribution in [0.15, 0.2) is 54.1 Å². The molecule has 1 aliphatic rings. The second-order valence-electron chi connectivity index (χ2n) is 5.71. The van der Waals surface area contributed by atoms with Crippen LogP contribution in [0.25, 0.3) is 0 Å². The quantitative estimate of drug-likeness (QED) is 0.658. The van der Waals surface area contributed by atoms with Gasteiger partial charge < -0.3 is 0 Å². The largest absolute Gasteiger partial charge is 0.292 e. The van der Waals surface area contributed by atoms with Crippen LogP contribution in [0.1, 0.15) is 45.2 Å². The van der Waals surface area contributed by atoms with Gasteiger partial charge in [0, 0.05) is 13.1 Å². The standard InChI is InChI=1S/C19H27N/c1-4-10-16-14-20(15-16)19(17(6-3)11-5-2)18-12-8-7-9-13-18/h5-9,11-13,16,19H,4,10,14-15H2,1-3H3. The molecule has 1 fully saturated rings. The number of rotatable bonds is 6. The molecule has 108 valence electrons. The van der Waals surface area contributed by atoms with Crippen molar-refractivity contribution in [3.8, 4) is 0 Å². The molecule has 20 heavy (non-hydrogen) atoms. The minimum atomic E-state index is 0.422. The summed E-state index contributed by atoms with van der Waals surface area (Å²) in [5.74, 6) is 0.898. The van der Waals surface area contributed by atoms with Gasteiger partial charge in [0.2, 0.25) is 0 Å². The smallest absolute Gasteiger partial charge is 0.0598 e. The van der Waals surface area contributed by atoms with E-state index in [0.29, 0.717) is 6.04 Å². The number of benzene rings is 1. The highest BCUT2D eigenvalue weighted by Crippen LogP contribution is 2.36. The van der Waals surface area contributed by atoms with Gasteiger partial charge in [0.1, 0.15) is 0 Å². The van der Waals surface area contributed by atoms with Gasteiger partial charge >= 0.3 is 0 Å². The maximum absolute atomic E-state index is 2.62. The molecule has 0 aliphatic carbocycles. The van der Waals surface area contributed by atoms with Crippen LogP contribution < -0.4 is 0 Å². The van der Waals surface area contributed by atoms with E-state index in [0.717, 1.165) is 5.92 Å². The molecule has 1 aliphatic heterocycles. The Hall–Kier alpha value is -1.34. The van der Waals surface area contributed by atoms with E-state index in [1.165, 1.54) is 37.1 Å². The third-order valence-corrected chi connectivity index (χ3v) is 4.17. The molecule has 1 atom stereocenters. The summed E-state index contributed by atoms with van der Waals surface area (Å²) in [5, 5.41) is 0. The fourth-order valence-corrected chi connectivity index (χ4v) is 3.20. The van der Waals surface area contributed by atoms with Gasteiger partial charge in [-0.05, 0) is 37.3 Å². The first kappa shape index (κ1) is 15.1. The van der Waals surface area contributed by atoms with Gasteiger partial charge in [-0.15, -0.1) is 0 Å². The lowest BCUT2D eigenvalue weighted by Crippen LogP contribution is -2.48. The normalized spacial score (nSPS) is 19.2. The maximum Gasteiger partial charge on any atom is 0.0598 e. The lowest BCUT2D eigenvalue weighted by molar-refractivity contribution is 0.0627. The van der Waals surface area contributed by atoms with Crippen molar-refractivity contribution in [2.45, 2.75) is 39.7 Å². The number of hydrogen-bond donors (Lipinski definition) is 0. The Kier molecular flexibility index (Phi) is 5.60. The lowest BCUT2D eigenvalue weighted by Gasteiger charge is -2.45. The molecule has 1 aromatic carbocycles. The van der Waals surface area contributed by atoms with Crippen LogP contribution in [-0.2, 0) is 0 Å². The summed E-state index contributed by atoms with van der Waals surface area (Å²) in [6, 6.07) is 11.3. The molecule has 1 heterocycles. The zero-order valence-corrected chi connectivity index (χ0v) is 13.0. The summed E-state index contributed by atoms with van der Waals surface area (Å²) < 4.78 is 0. The van der Waals surface area contributed by atoms with Gasteiger partial charge in [-0.1, -0.05) is 61.9 Å². The van der Waals surface area contributed by atoms with Gasteiger partial charge in [0.15, 0.2) is 0 Å². The highest BCUT2D eigenvalue weighted by Gasteiger charge is 2.33. The molecule has 0 bridgehead atoms. The Balaban J connectivity index is 2.18. The molecule has 0 amide bonds. The minimum absolute atomic E-state index is 0.422. The van der Waals surface area contributed by atoms with E-state index < -0.39 is 0 Å². The van der Waals surface area contributed by atoms with Crippen molar-refractivity contribution < 1.29 is 0 Å². The van der Waals surface area contributed by atoms with Crippen molar-refractivity contribution in [1.82, 2.24) is 4.90 Å². The van der Waals surface area contributed by atoms with Crippen molar-refractivity contribution in [2.24, 2.45) is 5.92 Å². The fraction of sp³-hybridized carbons (Fsp3) is 0.474. The SMILES string of the molecule is CC=CC(=CC)C(c1ccccc1)N1CC(CCC)C1. The Bertz CT molecular complexity index is 452. The van der Waals surface area contributed by atoms with Crippen molar-refractivity contribution in [3.63, 3.8) is 0 Å². The Morgan fingerprint density at radius 1 is 1.25 bits per heavy atom. The molecule has 0 N–H and O–H groups in total. The van der Waals surface area contributed by atoms with Crippen LogP contribution in [0.4, 0.5) is 0 Å². The molecule has 1 aromatic rings. The van der Waals surface area contributed by atoms with Crippen LogP contribution in [0.3, 0.4) is 0 Å². The summed E-state index contributed by atoms with van der Waals surface area (Å²) in [7, 11) is 0. The van der Waals surface area contributed by atoms with E-state index in [9.17, 15) is 0 Å². The molecular formula is C19H27N. The van der Waals surface area contributed by atoms with Crippen molar-refractivity contribution in [2.75, 3.05) is 13.1 Å². The molecule has 0 aromatic heterocycles. The monoisotopic (exact) mass is 269 g/mol. The van der Waals surface area contributed by atoms with Crippen LogP contribution in [-0.4, -0.2) is 18.0 Å². The fourth-order valence-electron chi connectivity index (χ4n) is 3.20. The van der Waals surface area contributed by atoms with E-state index in [2.05, 4.69) is 74.2 Å². The summed E-state index contributed by atoms with van der Waals surface area (Å²) in [5.41, 5.74) is 2.82. The van der Waals surface area contributed by atoms with Gasteiger partial charge in [0.25, 0.3) is 0 Å². The Morgan fingerprint density at radius 2 is 1.95 bits per heavy atom. The molecule has 0 radical (unpaired) electrons. The summed E-state index contributed by atoms with van der Waals surface area (Å²) in [6.07, 6.45) is 9.33. The highest BCUT2D eigenvalue weighted by atomic mass is 15.2. The average Bonchev–Trinajstić information content (AvgIpc) is 2.45. The van der Waals surface area contributed by atoms with Crippen LogP contribution >= 0.6 is 0 Å². The third-order valence-electron chi connectivity index (χ3n) is 4.17. The molecule has 1 nitrogen and oxygen atoms in total. The number of hydrogen-bond acceptors (Lipinski definition) is 1. The predicted octanol–water partition coefficient (Wildman–Crippen LogP) is 4.98. The highest BCUT2D eigenvalue weighted by molar-refractivity contribution is 5.34. The van der Waals surface area contributed by atoms with E-state index >= 15 is 0 Å². The van der Waals surface area contributed by atoms with Gasteiger partial charge in [-0.2, -0.15) is 0 Å². The third kappa shape index (κ3) is 3.40. The zero-order valence-electron chi connectivity index (χ0n) is 13.0. The molecule has 0 spiro atoms. The maximum atomic E-state index is 2.62. The summed E-state index contributed by atoms with van der Waals surface area (Å²) >= 11 is 0. The van der Waals surface area contributed by atoms with Crippen LogP contribution in [0.5, 0.6) is 0 Å². The van der Waals surface area contributed by atoms with E-state index in [4.69, 9.17) is 0 Å². The van der Waals surface area contributed by atoms with Crippen LogP contribution in [0, 0.1) is 5.92 Å². The summed E-state index contributed by atoms with van der Waals surface area (Å²) in [4.78, 5) is 2.62. The molecule has 1 heteroatoms. The number of nitrogens with zero attached hydrogens (tertiary/aromatic N) is 1. The number of likely N-dealkylation sites (tertiary alicyclic amines) is 1. The Labute approximate surface area is 124 Å². The predicted molar refractivity (Wildman–Crippen MR) is 87.7 cm³/mol. The second-order valence-corrected chi connectivity index (χ2v) is 5.71. The van der Waals surface area contributed by atoms with E-state index in [-0.39, 0.29) is 0 Å². The molecule has 2 rings (SSSR count).